The second kappa shape index (κ2) is 6.66. The Labute approximate surface area is 120 Å². The van der Waals surface area contributed by atoms with Crippen LogP contribution in [0.4, 0.5) is 5.82 Å². The summed E-state index contributed by atoms with van der Waals surface area (Å²) in [7, 11) is 6.01. The third kappa shape index (κ3) is 3.79. The van der Waals surface area contributed by atoms with Gasteiger partial charge in [0.05, 0.1) is 0 Å². The first kappa shape index (κ1) is 14.0. The van der Waals surface area contributed by atoms with E-state index in [1.807, 2.05) is 74.9 Å². The van der Waals surface area contributed by atoms with Gasteiger partial charge in [-0.15, -0.1) is 0 Å². The Kier molecular flexibility index (Phi) is 4.66. The van der Waals surface area contributed by atoms with Crippen molar-refractivity contribution >= 4 is 18.0 Å². The Morgan fingerprint density at radius 3 is 2.50 bits per heavy atom. The van der Waals surface area contributed by atoms with Crippen LogP contribution in [0.5, 0.6) is 0 Å². The van der Waals surface area contributed by atoms with Gasteiger partial charge in [-0.05, 0) is 23.8 Å². The van der Waals surface area contributed by atoms with E-state index in [0.717, 1.165) is 11.4 Å². The van der Waals surface area contributed by atoms with Crippen molar-refractivity contribution in [2.45, 2.75) is 0 Å². The molecule has 0 spiro atoms. The molecule has 0 radical (unpaired) electrons. The second-order valence-corrected chi connectivity index (χ2v) is 4.80. The Hall–Kier alpha value is -2.42. The van der Waals surface area contributed by atoms with Crippen molar-refractivity contribution in [2.24, 2.45) is 7.05 Å². The van der Waals surface area contributed by atoms with Crippen LogP contribution in [0, 0.1) is 0 Å². The van der Waals surface area contributed by atoms with Gasteiger partial charge in [0.1, 0.15) is 12.9 Å². The number of hydrogen-bond acceptors (Lipinski definition) is 2. The molecule has 0 amide bonds. The molecule has 0 saturated heterocycles. The van der Waals surface area contributed by atoms with E-state index < -0.39 is 0 Å². The SMILES string of the molecule is CN(C)c1ccc(/C=C/C=C/c2cccc[n+]2C)cn1. The van der Waals surface area contributed by atoms with E-state index in [2.05, 4.69) is 27.8 Å². The van der Waals surface area contributed by atoms with Crippen LogP contribution in [0.1, 0.15) is 11.3 Å². The molecular formula is C17H20N3+. The number of anilines is 1. The molecule has 0 fully saturated rings. The van der Waals surface area contributed by atoms with Gasteiger partial charge in [0.2, 0.25) is 5.69 Å². The van der Waals surface area contributed by atoms with Gasteiger partial charge in [-0.25, -0.2) is 9.55 Å². The Morgan fingerprint density at radius 1 is 1.05 bits per heavy atom. The quantitative estimate of drug-likeness (QED) is 0.626. The van der Waals surface area contributed by atoms with Gasteiger partial charge in [0.15, 0.2) is 6.20 Å². The van der Waals surface area contributed by atoms with Crippen LogP contribution in [0.3, 0.4) is 0 Å². The highest BCUT2D eigenvalue weighted by molar-refractivity contribution is 5.55. The van der Waals surface area contributed by atoms with E-state index >= 15 is 0 Å². The topological polar surface area (TPSA) is 20.0 Å². The molecule has 0 N–H and O–H groups in total. The smallest absolute Gasteiger partial charge is 0.204 e. The summed E-state index contributed by atoms with van der Waals surface area (Å²) in [5.41, 5.74) is 2.26. The molecule has 0 aliphatic heterocycles. The van der Waals surface area contributed by atoms with Gasteiger partial charge in [-0.1, -0.05) is 18.2 Å². The molecule has 102 valence electrons. The number of hydrogen-bond donors (Lipinski definition) is 0. The summed E-state index contributed by atoms with van der Waals surface area (Å²) in [4.78, 5) is 6.36. The molecule has 3 nitrogen and oxygen atoms in total. The molecule has 0 unspecified atom stereocenters. The molecule has 20 heavy (non-hydrogen) atoms. The van der Waals surface area contributed by atoms with Crippen LogP contribution < -0.4 is 9.47 Å². The number of pyridine rings is 2. The minimum absolute atomic E-state index is 0.967. The summed E-state index contributed by atoms with van der Waals surface area (Å²) in [5, 5.41) is 0. The molecule has 2 aromatic rings. The average molecular weight is 266 g/mol. The normalized spacial score (nSPS) is 11.3. The maximum atomic E-state index is 4.38. The van der Waals surface area contributed by atoms with Crippen LogP contribution in [0.25, 0.3) is 12.2 Å². The third-order valence-electron chi connectivity index (χ3n) is 2.99. The zero-order valence-electron chi connectivity index (χ0n) is 12.2. The number of rotatable bonds is 4. The van der Waals surface area contributed by atoms with Crippen molar-refractivity contribution in [1.82, 2.24) is 4.98 Å². The zero-order chi connectivity index (χ0) is 14.4. The third-order valence-corrected chi connectivity index (χ3v) is 2.99. The highest BCUT2D eigenvalue weighted by atomic mass is 15.1. The number of aromatic nitrogens is 2. The van der Waals surface area contributed by atoms with Crippen molar-refractivity contribution in [1.29, 1.82) is 0 Å². The molecule has 0 saturated carbocycles. The predicted molar refractivity (Wildman–Crippen MR) is 84.3 cm³/mol. The number of nitrogens with zero attached hydrogens (tertiary/aromatic N) is 3. The molecule has 2 aromatic heterocycles. The Bertz CT molecular complexity index is 610. The zero-order valence-corrected chi connectivity index (χ0v) is 12.2. The average Bonchev–Trinajstić information content (AvgIpc) is 2.46. The largest absolute Gasteiger partial charge is 0.363 e. The summed E-state index contributed by atoms with van der Waals surface area (Å²) < 4.78 is 2.08. The Morgan fingerprint density at radius 2 is 1.85 bits per heavy atom. The lowest BCUT2D eigenvalue weighted by molar-refractivity contribution is -0.673. The Balaban J connectivity index is 2.01. The van der Waals surface area contributed by atoms with Gasteiger partial charge in [-0.3, -0.25) is 0 Å². The molecule has 0 aliphatic rings. The van der Waals surface area contributed by atoms with E-state index in [9.17, 15) is 0 Å². The van der Waals surface area contributed by atoms with Crippen molar-refractivity contribution < 1.29 is 4.57 Å². The molecule has 2 rings (SSSR count). The summed E-state index contributed by atoms with van der Waals surface area (Å²) >= 11 is 0. The van der Waals surface area contributed by atoms with Gasteiger partial charge in [-0.2, -0.15) is 0 Å². The van der Waals surface area contributed by atoms with E-state index in [1.165, 1.54) is 5.69 Å². The first-order valence-electron chi connectivity index (χ1n) is 6.59. The predicted octanol–water partition coefficient (Wildman–Crippen LogP) is 2.70. The highest BCUT2D eigenvalue weighted by Crippen LogP contribution is 2.09. The molecule has 3 heteroatoms. The fourth-order valence-electron chi connectivity index (χ4n) is 1.79. The molecule has 0 bridgehead atoms. The van der Waals surface area contributed by atoms with Crippen molar-refractivity contribution in [3.8, 4) is 0 Å². The highest BCUT2D eigenvalue weighted by Gasteiger charge is 1.97. The molecule has 2 heterocycles. The fraction of sp³-hybridized carbons (Fsp3) is 0.176. The molecule has 0 aromatic carbocycles. The van der Waals surface area contributed by atoms with Crippen LogP contribution in [0.15, 0.2) is 54.9 Å². The number of aryl methyl sites for hydroxylation is 1. The van der Waals surface area contributed by atoms with E-state index in [4.69, 9.17) is 0 Å². The van der Waals surface area contributed by atoms with E-state index in [0.29, 0.717) is 0 Å². The van der Waals surface area contributed by atoms with Crippen LogP contribution >= 0.6 is 0 Å². The summed E-state index contributed by atoms with van der Waals surface area (Å²) in [6, 6.07) is 10.2. The second-order valence-electron chi connectivity index (χ2n) is 4.80. The van der Waals surface area contributed by atoms with Crippen LogP contribution in [0.2, 0.25) is 0 Å². The van der Waals surface area contributed by atoms with Crippen molar-refractivity contribution in [3.63, 3.8) is 0 Å². The summed E-state index contributed by atoms with van der Waals surface area (Å²) in [6.45, 7) is 0. The van der Waals surface area contributed by atoms with Gasteiger partial charge in [0, 0.05) is 38.5 Å². The van der Waals surface area contributed by atoms with Gasteiger partial charge >= 0.3 is 0 Å². The first-order chi connectivity index (χ1) is 9.66. The van der Waals surface area contributed by atoms with Gasteiger partial charge in [0.25, 0.3) is 0 Å². The summed E-state index contributed by atoms with van der Waals surface area (Å²) in [5.74, 6) is 0.967. The fourth-order valence-corrected chi connectivity index (χ4v) is 1.79. The lowest BCUT2D eigenvalue weighted by Gasteiger charge is -2.10. The van der Waals surface area contributed by atoms with E-state index in [-0.39, 0.29) is 0 Å². The molecule has 0 aliphatic carbocycles. The van der Waals surface area contributed by atoms with Crippen LogP contribution in [-0.2, 0) is 7.05 Å². The lowest BCUT2D eigenvalue weighted by atomic mass is 10.2. The molecule has 0 atom stereocenters. The van der Waals surface area contributed by atoms with Crippen LogP contribution in [-0.4, -0.2) is 19.1 Å². The maximum absolute atomic E-state index is 4.38. The maximum Gasteiger partial charge on any atom is 0.204 e. The number of allylic oxidation sites excluding steroid dienone is 2. The van der Waals surface area contributed by atoms with Crippen molar-refractivity contribution in [2.75, 3.05) is 19.0 Å². The van der Waals surface area contributed by atoms with E-state index in [1.54, 1.807) is 0 Å². The standard InChI is InChI=1S/C17H20N3/c1-19(2)17-12-11-15(14-18-17)8-4-5-9-16-10-6-7-13-20(16)3/h4-14H,1-3H3/q+1. The minimum Gasteiger partial charge on any atom is -0.363 e. The first-order valence-corrected chi connectivity index (χ1v) is 6.59. The summed E-state index contributed by atoms with van der Waals surface area (Å²) in [6.07, 6.45) is 12.1. The van der Waals surface area contributed by atoms with Crippen molar-refractivity contribution in [3.05, 3.63) is 66.1 Å². The molecular weight excluding hydrogens is 246 g/mol. The minimum atomic E-state index is 0.967. The lowest BCUT2D eigenvalue weighted by Crippen LogP contribution is -2.30. The monoisotopic (exact) mass is 266 g/mol. The van der Waals surface area contributed by atoms with Gasteiger partial charge < -0.3 is 4.90 Å².